The number of nitrogens with zero attached hydrogens (tertiary/aromatic N) is 2. The Morgan fingerprint density at radius 2 is 1.69 bits per heavy atom. The Kier molecular flexibility index (Phi) is 9.14. The van der Waals surface area contributed by atoms with Crippen LogP contribution in [0.25, 0.3) is 0 Å². The minimum absolute atomic E-state index is 0.0200. The van der Waals surface area contributed by atoms with Gasteiger partial charge in [-0.3, -0.25) is 9.69 Å². The summed E-state index contributed by atoms with van der Waals surface area (Å²) in [4.78, 5) is 46.2. The van der Waals surface area contributed by atoms with E-state index in [9.17, 15) is 27.3 Å². The number of anilines is 1. The lowest BCUT2D eigenvalue weighted by atomic mass is 9.98. The summed E-state index contributed by atoms with van der Waals surface area (Å²) in [5.74, 6) is -5.29. The number of nitrogens with one attached hydrogen (secondary N) is 1. The number of carbonyl (C=O) groups excluding carboxylic acids is 2. The second-order valence-electron chi connectivity index (χ2n) is 9.21. The van der Waals surface area contributed by atoms with Crippen LogP contribution >= 0.6 is 19.4 Å². The molecule has 4 rings (SSSR count). The lowest BCUT2D eigenvalue weighted by Crippen LogP contribution is -2.46. The van der Waals surface area contributed by atoms with Crippen molar-refractivity contribution in [2.75, 3.05) is 18.7 Å². The molecule has 10 nitrogen and oxygen atoms in total. The molecule has 1 atom stereocenters. The number of amides is 3. The molecule has 1 aliphatic rings. The highest BCUT2D eigenvalue weighted by molar-refractivity contribution is 7.46. The fourth-order valence-corrected chi connectivity index (χ4v) is 4.69. The molecule has 0 aromatic heterocycles. The van der Waals surface area contributed by atoms with Gasteiger partial charge in [0.2, 0.25) is 0 Å². The summed E-state index contributed by atoms with van der Waals surface area (Å²) in [6.45, 7) is -0.105. The first kappa shape index (κ1) is 31.3. The second kappa shape index (κ2) is 12.3. The standard InChI is InChI=1S/C26H23ClF4N3O7P/c1-13-17-4-3-14(25(35)32-10-18-21(29)6-15(28)7-22(18)30)5-24(17)34(26(36)33(13)2)11-19-20(27)8-16(9-23(19)31)40-12-41-42(37,38)39/h3-9,13H,10-12H2,1-2H3,(H,32,35)(H2,37,38,39)/t13-/m0/s1. The summed E-state index contributed by atoms with van der Waals surface area (Å²) in [7, 11) is -3.29. The Bertz CT molecular complexity index is 1560. The lowest BCUT2D eigenvalue weighted by molar-refractivity contribution is 0.0826. The molecule has 3 amide bonds. The van der Waals surface area contributed by atoms with Crippen LogP contribution < -0.4 is 15.0 Å². The van der Waals surface area contributed by atoms with Crippen molar-refractivity contribution in [2.24, 2.45) is 0 Å². The van der Waals surface area contributed by atoms with Gasteiger partial charge in [0.05, 0.1) is 23.3 Å². The van der Waals surface area contributed by atoms with Crippen molar-refractivity contribution < 1.29 is 50.8 Å². The molecule has 42 heavy (non-hydrogen) atoms. The molecule has 3 aromatic rings. The molecule has 16 heteroatoms. The van der Waals surface area contributed by atoms with E-state index in [4.69, 9.17) is 26.1 Å². The van der Waals surface area contributed by atoms with E-state index in [-0.39, 0.29) is 34.1 Å². The molecule has 1 aliphatic heterocycles. The molecule has 0 spiro atoms. The maximum absolute atomic E-state index is 15.1. The smallest absolute Gasteiger partial charge is 0.467 e. The number of carbonyl (C=O) groups is 2. The minimum atomic E-state index is -4.82. The number of halogens is 5. The molecule has 0 saturated heterocycles. The predicted octanol–water partition coefficient (Wildman–Crippen LogP) is 5.41. The SMILES string of the molecule is C[C@H]1c2ccc(C(=O)NCc3c(F)cc(F)cc3F)cc2N(Cc2c(F)cc(OCOP(=O)(O)O)cc2Cl)C(=O)N1C. The third-order valence-corrected chi connectivity index (χ3v) is 7.33. The zero-order valence-electron chi connectivity index (χ0n) is 21.9. The average molecular weight is 632 g/mol. The minimum Gasteiger partial charge on any atom is -0.467 e. The van der Waals surface area contributed by atoms with Crippen LogP contribution in [0.1, 0.15) is 40.0 Å². The van der Waals surface area contributed by atoms with Gasteiger partial charge in [0.15, 0.2) is 6.79 Å². The van der Waals surface area contributed by atoms with Crippen LogP contribution in [0.3, 0.4) is 0 Å². The maximum atomic E-state index is 15.1. The van der Waals surface area contributed by atoms with Crippen LogP contribution in [0.2, 0.25) is 5.02 Å². The normalized spacial score (nSPS) is 15.1. The summed E-state index contributed by atoms with van der Waals surface area (Å²) in [6, 6.07) is 6.46. The fraction of sp³-hybridized carbons (Fsp3) is 0.231. The van der Waals surface area contributed by atoms with E-state index in [0.29, 0.717) is 17.7 Å². The third kappa shape index (κ3) is 6.85. The number of rotatable bonds is 9. The van der Waals surface area contributed by atoms with Gasteiger partial charge >= 0.3 is 13.9 Å². The second-order valence-corrected chi connectivity index (χ2v) is 10.9. The third-order valence-electron chi connectivity index (χ3n) is 6.56. The summed E-state index contributed by atoms with van der Waals surface area (Å²) < 4.78 is 76.3. The fourth-order valence-electron chi connectivity index (χ4n) is 4.24. The molecule has 0 bridgehead atoms. The van der Waals surface area contributed by atoms with E-state index < -0.39 is 68.0 Å². The first-order chi connectivity index (χ1) is 19.7. The topological polar surface area (TPSA) is 129 Å². The van der Waals surface area contributed by atoms with Crippen molar-refractivity contribution in [1.29, 1.82) is 0 Å². The van der Waals surface area contributed by atoms with Gasteiger partial charge in [-0.05, 0) is 30.7 Å². The molecule has 3 aromatic carbocycles. The summed E-state index contributed by atoms with van der Waals surface area (Å²) in [6.07, 6.45) is 0. The van der Waals surface area contributed by atoms with Crippen molar-refractivity contribution in [2.45, 2.75) is 26.1 Å². The Hall–Kier alpha value is -3.68. The number of ether oxygens (including phenoxy) is 1. The summed E-state index contributed by atoms with van der Waals surface area (Å²) in [5.41, 5.74) is 0.213. The van der Waals surface area contributed by atoms with Crippen molar-refractivity contribution in [3.63, 3.8) is 0 Å². The van der Waals surface area contributed by atoms with Crippen LogP contribution in [-0.2, 0) is 22.2 Å². The molecule has 1 heterocycles. The van der Waals surface area contributed by atoms with E-state index in [2.05, 4.69) is 9.84 Å². The van der Waals surface area contributed by atoms with Gasteiger partial charge < -0.3 is 24.7 Å². The van der Waals surface area contributed by atoms with E-state index >= 15 is 4.39 Å². The van der Waals surface area contributed by atoms with Gasteiger partial charge in [0, 0.05) is 48.5 Å². The highest BCUT2D eigenvalue weighted by atomic mass is 35.5. The highest BCUT2D eigenvalue weighted by Gasteiger charge is 2.34. The highest BCUT2D eigenvalue weighted by Crippen LogP contribution is 2.39. The van der Waals surface area contributed by atoms with E-state index in [0.717, 1.165) is 6.07 Å². The van der Waals surface area contributed by atoms with Crippen molar-refractivity contribution in [3.8, 4) is 5.75 Å². The van der Waals surface area contributed by atoms with Crippen LogP contribution in [0.15, 0.2) is 42.5 Å². The zero-order chi connectivity index (χ0) is 30.9. The molecule has 0 radical (unpaired) electrons. The Balaban J connectivity index is 1.60. The van der Waals surface area contributed by atoms with Gasteiger partial charge in [-0.25, -0.2) is 31.4 Å². The lowest BCUT2D eigenvalue weighted by Gasteiger charge is -2.40. The number of benzene rings is 3. The molecular weight excluding hydrogens is 609 g/mol. The zero-order valence-corrected chi connectivity index (χ0v) is 23.6. The first-order valence-corrected chi connectivity index (χ1v) is 14.0. The first-order valence-electron chi connectivity index (χ1n) is 12.1. The molecule has 0 unspecified atom stereocenters. The van der Waals surface area contributed by atoms with E-state index in [1.807, 2.05) is 0 Å². The average Bonchev–Trinajstić information content (AvgIpc) is 2.89. The largest absolute Gasteiger partial charge is 0.472 e. The molecule has 3 N–H and O–H groups in total. The quantitative estimate of drug-likeness (QED) is 0.164. The summed E-state index contributed by atoms with van der Waals surface area (Å²) >= 11 is 6.26. The number of phosphoric ester groups is 1. The molecule has 0 fully saturated rings. The monoisotopic (exact) mass is 631 g/mol. The van der Waals surface area contributed by atoms with Crippen molar-refractivity contribution >= 4 is 37.0 Å². The van der Waals surface area contributed by atoms with Crippen LogP contribution in [-0.4, -0.2) is 40.5 Å². The Morgan fingerprint density at radius 3 is 2.31 bits per heavy atom. The van der Waals surface area contributed by atoms with E-state index in [1.54, 1.807) is 13.0 Å². The van der Waals surface area contributed by atoms with Crippen molar-refractivity contribution in [3.05, 3.63) is 93.0 Å². The van der Waals surface area contributed by atoms with Crippen LogP contribution in [0.5, 0.6) is 5.75 Å². The molecule has 224 valence electrons. The number of hydrogen-bond acceptors (Lipinski definition) is 5. The summed E-state index contributed by atoms with van der Waals surface area (Å²) in [5, 5.41) is 2.19. The van der Waals surface area contributed by atoms with E-state index in [1.165, 1.54) is 35.0 Å². The molecule has 0 aliphatic carbocycles. The van der Waals surface area contributed by atoms with Gasteiger partial charge in [-0.15, -0.1) is 0 Å². The number of fused-ring (bicyclic) bond motifs is 1. The molecular formula is C26H23ClF4N3O7P. The van der Waals surface area contributed by atoms with Gasteiger partial charge in [0.25, 0.3) is 5.91 Å². The van der Waals surface area contributed by atoms with Gasteiger partial charge in [0.1, 0.15) is 29.0 Å². The van der Waals surface area contributed by atoms with Gasteiger partial charge in [-0.2, -0.15) is 0 Å². The predicted molar refractivity (Wildman–Crippen MR) is 142 cm³/mol. The number of phosphoric acid groups is 1. The van der Waals surface area contributed by atoms with Crippen LogP contribution in [0, 0.1) is 23.3 Å². The van der Waals surface area contributed by atoms with Crippen molar-refractivity contribution in [1.82, 2.24) is 10.2 Å². The maximum Gasteiger partial charge on any atom is 0.472 e. The Labute approximate surface area is 241 Å². The Morgan fingerprint density at radius 1 is 1.05 bits per heavy atom. The van der Waals surface area contributed by atoms with Crippen LogP contribution in [0.4, 0.5) is 28.0 Å². The molecule has 0 saturated carbocycles. The number of hydrogen-bond donors (Lipinski definition) is 3. The number of urea groups is 1. The van der Waals surface area contributed by atoms with Gasteiger partial charge in [-0.1, -0.05) is 17.7 Å².